The van der Waals surface area contributed by atoms with Crippen LogP contribution in [0.4, 0.5) is 0 Å². The summed E-state index contributed by atoms with van der Waals surface area (Å²) in [5.41, 5.74) is 1.20. The minimum atomic E-state index is -0.892. The molecule has 7 heteroatoms. The van der Waals surface area contributed by atoms with Crippen LogP contribution in [0.25, 0.3) is 5.69 Å². The molecule has 26 heavy (non-hydrogen) atoms. The predicted octanol–water partition coefficient (Wildman–Crippen LogP) is 3.59. The highest BCUT2D eigenvalue weighted by Gasteiger charge is 2.43. The second-order valence-corrected chi connectivity index (χ2v) is 7.77. The summed E-state index contributed by atoms with van der Waals surface area (Å²) in [6.07, 6.45) is 2.02. The minimum absolute atomic E-state index is 0.0592. The van der Waals surface area contributed by atoms with Crippen molar-refractivity contribution in [3.8, 4) is 5.69 Å². The van der Waals surface area contributed by atoms with E-state index in [2.05, 4.69) is 5.10 Å². The fraction of sp³-hybridized carbons (Fsp3) is 0.421. The first-order chi connectivity index (χ1) is 12.2. The Balaban J connectivity index is 1.96. The lowest BCUT2D eigenvalue weighted by Crippen LogP contribution is -2.35. The van der Waals surface area contributed by atoms with Crippen molar-refractivity contribution in [3.63, 3.8) is 0 Å². The Bertz CT molecular complexity index is 861. The van der Waals surface area contributed by atoms with Gasteiger partial charge in [0.25, 0.3) is 5.91 Å². The Morgan fingerprint density at radius 1 is 1.35 bits per heavy atom. The van der Waals surface area contributed by atoms with Gasteiger partial charge in [-0.1, -0.05) is 31.5 Å². The Labute approximate surface area is 157 Å². The lowest BCUT2D eigenvalue weighted by molar-refractivity contribution is -0.147. The maximum atomic E-state index is 13.0. The number of halogens is 1. The van der Waals surface area contributed by atoms with Gasteiger partial charge in [0.2, 0.25) is 0 Å². The third-order valence-electron chi connectivity index (χ3n) is 4.91. The first-order valence-corrected chi connectivity index (χ1v) is 8.97. The zero-order chi connectivity index (χ0) is 19.1. The molecule has 1 aliphatic heterocycles. The Morgan fingerprint density at radius 3 is 2.65 bits per heavy atom. The zero-order valence-electron chi connectivity index (χ0n) is 15.1. The number of carbonyl (C=O) groups excluding carboxylic acids is 1. The van der Waals surface area contributed by atoms with E-state index in [1.54, 1.807) is 34.8 Å². The molecular weight excluding hydrogens is 354 g/mol. The van der Waals surface area contributed by atoms with Gasteiger partial charge in [-0.2, -0.15) is 5.10 Å². The molecule has 0 aliphatic carbocycles. The van der Waals surface area contributed by atoms with Crippen LogP contribution in [0.1, 0.15) is 49.2 Å². The van der Waals surface area contributed by atoms with E-state index in [0.29, 0.717) is 23.6 Å². The summed E-state index contributed by atoms with van der Waals surface area (Å²) in [6, 6.07) is 7.30. The standard InChI is InChI=1S/C19H22ClN3O3/c1-12(2)16-15(10-21-23(16)14-6-4-5-13(20)9-14)17(24)22-8-7-19(3,11-22)18(25)26/h4-6,9-10,12H,7-8,11H2,1-3H3,(H,25,26). The fourth-order valence-electron chi connectivity index (χ4n) is 3.37. The number of amides is 1. The van der Waals surface area contributed by atoms with Crippen molar-refractivity contribution < 1.29 is 14.7 Å². The van der Waals surface area contributed by atoms with Gasteiger partial charge >= 0.3 is 5.97 Å². The highest BCUT2D eigenvalue weighted by molar-refractivity contribution is 6.30. The number of carboxylic acid groups (broad SMARTS) is 1. The molecule has 0 saturated carbocycles. The molecule has 1 aromatic carbocycles. The maximum Gasteiger partial charge on any atom is 0.311 e. The maximum absolute atomic E-state index is 13.0. The first kappa shape index (κ1) is 18.5. The second kappa shape index (κ2) is 6.76. The molecular formula is C19H22ClN3O3. The first-order valence-electron chi connectivity index (χ1n) is 8.59. The molecule has 0 radical (unpaired) electrons. The number of likely N-dealkylation sites (tertiary alicyclic amines) is 1. The molecule has 2 heterocycles. The summed E-state index contributed by atoms with van der Waals surface area (Å²) in [6.45, 7) is 6.32. The molecule has 0 spiro atoms. The van der Waals surface area contributed by atoms with E-state index in [9.17, 15) is 14.7 Å². The van der Waals surface area contributed by atoms with E-state index < -0.39 is 11.4 Å². The van der Waals surface area contributed by atoms with Gasteiger partial charge < -0.3 is 10.0 Å². The van der Waals surface area contributed by atoms with Crippen LogP contribution in [-0.4, -0.2) is 44.8 Å². The van der Waals surface area contributed by atoms with Crippen LogP contribution in [0.15, 0.2) is 30.5 Å². The SMILES string of the molecule is CC(C)c1c(C(=O)N2CCC(C)(C(=O)O)C2)cnn1-c1cccc(Cl)c1. The topological polar surface area (TPSA) is 75.4 Å². The minimum Gasteiger partial charge on any atom is -0.481 e. The van der Waals surface area contributed by atoms with E-state index in [4.69, 9.17) is 11.6 Å². The molecule has 1 amide bonds. The van der Waals surface area contributed by atoms with Crippen LogP contribution >= 0.6 is 11.6 Å². The van der Waals surface area contributed by atoms with Crippen LogP contribution in [0, 0.1) is 5.41 Å². The molecule has 6 nitrogen and oxygen atoms in total. The van der Waals surface area contributed by atoms with Crippen molar-refractivity contribution in [1.29, 1.82) is 0 Å². The van der Waals surface area contributed by atoms with Crippen molar-refractivity contribution in [2.24, 2.45) is 5.41 Å². The predicted molar refractivity (Wildman–Crippen MR) is 98.9 cm³/mol. The largest absolute Gasteiger partial charge is 0.481 e. The Kier molecular flexibility index (Phi) is 4.80. The molecule has 1 unspecified atom stereocenters. The van der Waals surface area contributed by atoms with E-state index in [-0.39, 0.29) is 18.4 Å². The summed E-state index contributed by atoms with van der Waals surface area (Å²) in [5.74, 6) is -0.984. The molecule has 1 atom stereocenters. The average Bonchev–Trinajstić information content (AvgIpc) is 3.19. The van der Waals surface area contributed by atoms with E-state index in [1.165, 1.54) is 0 Å². The number of nitrogens with zero attached hydrogens (tertiary/aromatic N) is 3. The molecule has 138 valence electrons. The fourth-order valence-corrected chi connectivity index (χ4v) is 3.56. The smallest absolute Gasteiger partial charge is 0.311 e. The third-order valence-corrected chi connectivity index (χ3v) is 5.15. The molecule has 1 N–H and O–H groups in total. The molecule has 2 aromatic rings. The zero-order valence-corrected chi connectivity index (χ0v) is 15.8. The third kappa shape index (κ3) is 3.21. The number of aliphatic carboxylic acids is 1. The van der Waals surface area contributed by atoms with Crippen molar-refractivity contribution >= 4 is 23.5 Å². The van der Waals surface area contributed by atoms with Gasteiger partial charge in [-0.3, -0.25) is 9.59 Å². The number of hydrogen-bond acceptors (Lipinski definition) is 3. The van der Waals surface area contributed by atoms with E-state index in [0.717, 1.165) is 11.4 Å². The lowest BCUT2D eigenvalue weighted by atomic mass is 9.90. The van der Waals surface area contributed by atoms with Gasteiger partial charge in [0.05, 0.1) is 28.6 Å². The monoisotopic (exact) mass is 375 g/mol. The van der Waals surface area contributed by atoms with Gasteiger partial charge in [-0.25, -0.2) is 4.68 Å². The van der Waals surface area contributed by atoms with Crippen LogP contribution in [0.2, 0.25) is 5.02 Å². The van der Waals surface area contributed by atoms with Crippen LogP contribution in [0.3, 0.4) is 0 Å². The van der Waals surface area contributed by atoms with Gasteiger partial charge in [-0.15, -0.1) is 0 Å². The van der Waals surface area contributed by atoms with E-state index >= 15 is 0 Å². The number of benzene rings is 1. The molecule has 1 aromatic heterocycles. The molecule has 1 aliphatic rings. The summed E-state index contributed by atoms with van der Waals surface area (Å²) < 4.78 is 1.73. The van der Waals surface area contributed by atoms with Gasteiger partial charge in [-0.05, 0) is 37.5 Å². The highest BCUT2D eigenvalue weighted by Crippen LogP contribution is 2.32. The van der Waals surface area contributed by atoms with Gasteiger partial charge in [0.15, 0.2) is 0 Å². The highest BCUT2D eigenvalue weighted by atomic mass is 35.5. The van der Waals surface area contributed by atoms with Gasteiger partial charge in [0, 0.05) is 18.1 Å². The average molecular weight is 376 g/mol. The summed E-state index contributed by atoms with van der Waals surface area (Å²) in [5, 5.41) is 14.4. The van der Waals surface area contributed by atoms with E-state index in [1.807, 2.05) is 26.0 Å². The summed E-state index contributed by atoms with van der Waals surface area (Å²) in [4.78, 5) is 26.1. The van der Waals surface area contributed by atoms with Crippen LogP contribution < -0.4 is 0 Å². The number of carbonyl (C=O) groups is 2. The van der Waals surface area contributed by atoms with Crippen molar-refractivity contribution in [1.82, 2.24) is 14.7 Å². The Hall–Kier alpha value is -2.34. The second-order valence-electron chi connectivity index (χ2n) is 7.33. The van der Waals surface area contributed by atoms with Crippen LogP contribution in [0.5, 0.6) is 0 Å². The van der Waals surface area contributed by atoms with Crippen molar-refractivity contribution in [2.75, 3.05) is 13.1 Å². The number of hydrogen-bond donors (Lipinski definition) is 1. The molecule has 1 saturated heterocycles. The molecule has 0 bridgehead atoms. The molecule has 3 rings (SSSR count). The Morgan fingerprint density at radius 2 is 2.08 bits per heavy atom. The normalized spacial score (nSPS) is 20.0. The molecule has 1 fully saturated rings. The van der Waals surface area contributed by atoms with Crippen LogP contribution in [-0.2, 0) is 4.79 Å². The van der Waals surface area contributed by atoms with Crippen molar-refractivity contribution in [2.45, 2.75) is 33.1 Å². The quantitative estimate of drug-likeness (QED) is 0.886. The lowest BCUT2D eigenvalue weighted by Gasteiger charge is -2.21. The summed E-state index contributed by atoms with van der Waals surface area (Å²) >= 11 is 6.09. The van der Waals surface area contributed by atoms with Crippen molar-refractivity contribution in [3.05, 3.63) is 46.7 Å². The summed E-state index contributed by atoms with van der Waals surface area (Å²) in [7, 11) is 0. The number of aromatic nitrogens is 2. The number of rotatable bonds is 4. The number of carboxylic acids is 1. The van der Waals surface area contributed by atoms with Gasteiger partial charge in [0.1, 0.15) is 0 Å².